The second-order valence-electron chi connectivity index (χ2n) is 7.55. The van der Waals surface area contributed by atoms with Crippen molar-refractivity contribution < 1.29 is 0 Å². The van der Waals surface area contributed by atoms with Crippen LogP contribution in [-0.4, -0.2) is 18.3 Å². The van der Waals surface area contributed by atoms with Gasteiger partial charge in [-0.15, -0.1) is 0 Å². The Balaban J connectivity index is 1.58. The van der Waals surface area contributed by atoms with E-state index in [1.54, 1.807) is 0 Å². The van der Waals surface area contributed by atoms with E-state index in [4.69, 9.17) is 9.98 Å². The van der Waals surface area contributed by atoms with Crippen LogP contribution in [0.3, 0.4) is 0 Å². The van der Waals surface area contributed by atoms with Gasteiger partial charge in [-0.2, -0.15) is 0 Å². The van der Waals surface area contributed by atoms with E-state index in [1.807, 2.05) is 52.5 Å². The van der Waals surface area contributed by atoms with Crippen LogP contribution in [-0.2, 0) is 28.2 Å². The standard InChI is InChI=1S/C24H24N6/c1-27-19-9-5-6-10-20(19)28(2)23(27)25-17-13-15-18(16-14-17)26-24-29(3)21-11-7-8-12-22(21)30(24)4/h5-16H,1-4H3. The number of aromatic nitrogens is 4. The van der Waals surface area contributed by atoms with Gasteiger partial charge in [0, 0.05) is 28.2 Å². The van der Waals surface area contributed by atoms with Crippen molar-refractivity contribution in [3.05, 3.63) is 84.0 Å². The number of nitrogens with zero attached hydrogens (tertiary/aromatic N) is 6. The monoisotopic (exact) mass is 396 g/mol. The third-order valence-electron chi connectivity index (χ3n) is 5.72. The molecule has 6 heteroatoms. The van der Waals surface area contributed by atoms with Gasteiger partial charge in [-0.1, -0.05) is 24.3 Å². The molecule has 0 aliphatic heterocycles. The molecule has 6 nitrogen and oxygen atoms in total. The maximum absolute atomic E-state index is 4.87. The van der Waals surface area contributed by atoms with Crippen LogP contribution in [0.15, 0.2) is 82.8 Å². The normalized spacial score (nSPS) is 11.3. The van der Waals surface area contributed by atoms with Crippen molar-refractivity contribution in [3.63, 3.8) is 0 Å². The molecule has 0 aliphatic rings. The zero-order valence-electron chi connectivity index (χ0n) is 17.6. The molecule has 0 bridgehead atoms. The summed E-state index contributed by atoms with van der Waals surface area (Å²) in [7, 11) is 8.19. The Morgan fingerprint density at radius 3 is 0.967 bits per heavy atom. The summed E-state index contributed by atoms with van der Waals surface area (Å²) >= 11 is 0. The Morgan fingerprint density at radius 2 is 0.700 bits per heavy atom. The van der Waals surface area contributed by atoms with Crippen molar-refractivity contribution in [2.45, 2.75) is 0 Å². The van der Waals surface area contributed by atoms with Crippen molar-refractivity contribution in [3.8, 4) is 0 Å². The molecule has 2 heterocycles. The van der Waals surface area contributed by atoms with Crippen molar-refractivity contribution in [2.24, 2.45) is 38.2 Å². The number of aryl methyl sites for hydroxylation is 4. The van der Waals surface area contributed by atoms with Gasteiger partial charge in [0.25, 0.3) is 0 Å². The van der Waals surface area contributed by atoms with Crippen molar-refractivity contribution in [1.29, 1.82) is 0 Å². The molecule has 0 radical (unpaired) electrons. The van der Waals surface area contributed by atoms with E-state index in [1.165, 1.54) is 0 Å². The fourth-order valence-electron chi connectivity index (χ4n) is 4.08. The summed E-state index contributed by atoms with van der Waals surface area (Å²) < 4.78 is 8.46. The van der Waals surface area contributed by atoms with Gasteiger partial charge < -0.3 is 18.3 Å². The van der Waals surface area contributed by atoms with Crippen molar-refractivity contribution in [1.82, 2.24) is 18.3 Å². The summed E-state index contributed by atoms with van der Waals surface area (Å²) in [5, 5.41) is 0. The quantitative estimate of drug-likeness (QED) is 0.436. The predicted molar refractivity (Wildman–Crippen MR) is 121 cm³/mol. The summed E-state index contributed by atoms with van der Waals surface area (Å²) in [4.78, 5) is 9.74. The minimum Gasteiger partial charge on any atom is -0.313 e. The van der Waals surface area contributed by atoms with Crippen LogP contribution in [0.5, 0.6) is 0 Å². The lowest BCUT2D eigenvalue weighted by Crippen LogP contribution is -2.21. The number of para-hydroxylation sites is 4. The molecule has 150 valence electrons. The number of hydrogen-bond acceptors (Lipinski definition) is 2. The minimum absolute atomic E-state index is 0.900. The third kappa shape index (κ3) is 2.80. The van der Waals surface area contributed by atoms with Gasteiger partial charge in [0.2, 0.25) is 11.2 Å². The van der Waals surface area contributed by atoms with E-state index < -0.39 is 0 Å². The molecule has 0 spiro atoms. The highest BCUT2D eigenvalue weighted by molar-refractivity contribution is 5.76. The van der Waals surface area contributed by atoms with Gasteiger partial charge in [0.15, 0.2) is 0 Å². The molecule has 0 fully saturated rings. The lowest BCUT2D eigenvalue weighted by molar-refractivity contribution is 0.762. The highest BCUT2D eigenvalue weighted by atomic mass is 15.2. The van der Waals surface area contributed by atoms with Crippen LogP contribution in [0.25, 0.3) is 22.1 Å². The van der Waals surface area contributed by atoms with Crippen LogP contribution in [0, 0.1) is 0 Å². The summed E-state index contributed by atoms with van der Waals surface area (Å²) in [5.74, 6) is 0. The molecular weight excluding hydrogens is 372 g/mol. The Labute approximate surface area is 174 Å². The number of benzene rings is 3. The van der Waals surface area contributed by atoms with E-state index in [0.717, 1.165) is 44.7 Å². The molecule has 30 heavy (non-hydrogen) atoms. The second kappa shape index (κ2) is 6.91. The van der Waals surface area contributed by atoms with Crippen molar-refractivity contribution >= 4 is 33.4 Å². The summed E-state index contributed by atoms with van der Waals surface area (Å²) in [6, 6.07) is 24.7. The highest BCUT2D eigenvalue weighted by Crippen LogP contribution is 2.19. The topological polar surface area (TPSA) is 44.4 Å². The van der Waals surface area contributed by atoms with E-state index in [9.17, 15) is 0 Å². The fraction of sp³-hybridized carbons (Fsp3) is 0.167. The van der Waals surface area contributed by atoms with Gasteiger partial charge in [-0.3, -0.25) is 0 Å². The summed E-state index contributed by atoms with van der Waals surface area (Å²) in [6.45, 7) is 0. The molecule has 5 rings (SSSR count). The van der Waals surface area contributed by atoms with Crippen LogP contribution in [0.1, 0.15) is 0 Å². The van der Waals surface area contributed by atoms with Crippen LogP contribution in [0.4, 0.5) is 11.4 Å². The smallest absolute Gasteiger partial charge is 0.210 e. The first-order valence-electron chi connectivity index (χ1n) is 9.95. The molecule has 0 saturated carbocycles. The lowest BCUT2D eigenvalue weighted by atomic mass is 10.3. The number of hydrogen-bond donors (Lipinski definition) is 0. The number of imidazole rings is 2. The predicted octanol–water partition coefficient (Wildman–Crippen LogP) is 3.81. The fourth-order valence-corrected chi connectivity index (χ4v) is 4.08. The molecule has 0 aliphatic carbocycles. The minimum atomic E-state index is 0.900. The van der Waals surface area contributed by atoms with Crippen LogP contribution in [0.2, 0.25) is 0 Å². The SMILES string of the molecule is Cn1c(=Nc2ccc(N=c3n(C)c4ccccc4n3C)cc2)n(C)c2ccccc21. The molecule has 5 aromatic rings. The largest absolute Gasteiger partial charge is 0.313 e. The molecule has 0 atom stereocenters. The average Bonchev–Trinajstić information content (AvgIpc) is 3.16. The van der Waals surface area contributed by atoms with E-state index >= 15 is 0 Å². The molecule has 0 unspecified atom stereocenters. The van der Waals surface area contributed by atoms with Gasteiger partial charge in [-0.05, 0) is 48.5 Å². The Kier molecular flexibility index (Phi) is 4.20. The summed E-state index contributed by atoms with van der Waals surface area (Å²) in [5.41, 5.74) is 8.25. The molecule has 0 amide bonds. The van der Waals surface area contributed by atoms with E-state index in [0.29, 0.717) is 0 Å². The summed E-state index contributed by atoms with van der Waals surface area (Å²) in [6.07, 6.45) is 0. The third-order valence-corrected chi connectivity index (χ3v) is 5.72. The van der Waals surface area contributed by atoms with Crippen molar-refractivity contribution in [2.75, 3.05) is 0 Å². The molecule has 3 aromatic carbocycles. The van der Waals surface area contributed by atoms with Crippen LogP contribution >= 0.6 is 0 Å². The first kappa shape index (κ1) is 18.2. The molecule has 2 aromatic heterocycles. The first-order valence-corrected chi connectivity index (χ1v) is 9.95. The molecule has 0 saturated heterocycles. The first-order chi connectivity index (χ1) is 14.5. The van der Waals surface area contributed by atoms with Gasteiger partial charge in [-0.25, -0.2) is 9.98 Å². The Hall–Kier alpha value is -3.80. The van der Waals surface area contributed by atoms with Gasteiger partial charge >= 0.3 is 0 Å². The average molecular weight is 396 g/mol. The number of fused-ring (bicyclic) bond motifs is 2. The van der Waals surface area contributed by atoms with E-state index in [-0.39, 0.29) is 0 Å². The van der Waals surface area contributed by atoms with E-state index in [2.05, 4.69) is 66.8 Å². The zero-order chi connectivity index (χ0) is 20.8. The zero-order valence-corrected chi connectivity index (χ0v) is 17.6. The highest BCUT2D eigenvalue weighted by Gasteiger charge is 2.06. The maximum Gasteiger partial charge on any atom is 0.210 e. The maximum atomic E-state index is 4.87. The molecule has 0 N–H and O–H groups in total. The Morgan fingerprint density at radius 1 is 0.433 bits per heavy atom. The van der Waals surface area contributed by atoms with Crippen LogP contribution < -0.4 is 11.2 Å². The lowest BCUT2D eigenvalue weighted by Gasteiger charge is -1.99. The Bertz CT molecular complexity index is 1320. The van der Waals surface area contributed by atoms with Gasteiger partial charge in [0.05, 0.1) is 33.4 Å². The second-order valence-corrected chi connectivity index (χ2v) is 7.55. The molecular formula is C24H24N6. The number of rotatable bonds is 2. The van der Waals surface area contributed by atoms with Gasteiger partial charge in [0.1, 0.15) is 0 Å².